The summed E-state index contributed by atoms with van der Waals surface area (Å²) < 4.78 is 1.86. The second-order valence-corrected chi connectivity index (χ2v) is 12.9. The quantitative estimate of drug-likeness (QED) is 0.173. The highest BCUT2D eigenvalue weighted by Gasteiger charge is 2.52. The van der Waals surface area contributed by atoms with Crippen molar-refractivity contribution in [3.8, 4) is 22.3 Å². The van der Waals surface area contributed by atoms with Crippen molar-refractivity contribution in [1.82, 2.24) is 0 Å². The fourth-order valence-corrected chi connectivity index (χ4v) is 7.49. The second-order valence-electron chi connectivity index (χ2n) is 11.0. The third-order valence-electron chi connectivity index (χ3n) is 8.83. The van der Waals surface area contributed by atoms with Gasteiger partial charge in [0.2, 0.25) is 0 Å². The molecule has 0 bridgehead atoms. The molecule has 6 aromatic carbocycles. The van der Waals surface area contributed by atoms with E-state index in [0.717, 1.165) is 53.5 Å². The predicted octanol–water partition coefficient (Wildman–Crippen LogP) is 10.0. The van der Waals surface area contributed by atoms with Gasteiger partial charge < -0.3 is 0 Å². The maximum Gasteiger partial charge on any atom is 0.193 e. The molecule has 0 heterocycles. The molecule has 2 aliphatic rings. The summed E-state index contributed by atoms with van der Waals surface area (Å²) in [5, 5.41) is 0. The van der Waals surface area contributed by atoms with E-state index in [1.807, 2.05) is 60.7 Å². The molecular weight excluding hydrogens is 660 g/mol. The zero-order chi connectivity index (χ0) is 29.3. The van der Waals surface area contributed by atoms with E-state index in [1.54, 1.807) is 0 Å². The van der Waals surface area contributed by atoms with Crippen molar-refractivity contribution in [3.63, 3.8) is 0 Å². The van der Waals surface area contributed by atoms with Gasteiger partial charge in [-0.05, 0) is 105 Å². The molecule has 0 amide bonds. The van der Waals surface area contributed by atoms with E-state index in [4.69, 9.17) is 0 Å². The van der Waals surface area contributed by atoms with E-state index >= 15 is 0 Å². The van der Waals surface area contributed by atoms with Crippen LogP contribution in [-0.4, -0.2) is 11.6 Å². The highest BCUT2D eigenvalue weighted by atomic mass is 79.9. The molecule has 8 rings (SSSR count). The van der Waals surface area contributed by atoms with Crippen LogP contribution >= 0.6 is 31.9 Å². The summed E-state index contributed by atoms with van der Waals surface area (Å²) >= 11 is 6.95. The lowest BCUT2D eigenvalue weighted by molar-refractivity contribution is 0.103. The molecule has 0 unspecified atom stereocenters. The van der Waals surface area contributed by atoms with E-state index in [0.29, 0.717) is 22.3 Å². The largest absolute Gasteiger partial charge is 0.289 e. The summed E-state index contributed by atoms with van der Waals surface area (Å²) in [6.07, 6.45) is 0. The van der Waals surface area contributed by atoms with Crippen molar-refractivity contribution >= 4 is 43.4 Å². The summed E-state index contributed by atoms with van der Waals surface area (Å²) in [6.45, 7) is 0. The monoisotopic (exact) mass is 680 g/mol. The number of carbonyl (C=O) groups excluding carboxylic acids is 2. The average Bonchev–Trinajstić information content (AvgIpc) is 3.51. The van der Waals surface area contributed by atoms with Gasteiger partial charge in [-0.25, -0.2) is 0 Å². The van der Waals surface area contributed by atoms with Crippen LogP contribution in [0.2, 0.25) is 0 Å². The zero-order valence-electron chi connectivity index (χ0n) is 22.8. The van der Waals surface area contributed by atoms with Crippen molar-refractivity contribution in [2.24, 2.45) is 0 Å². The molecule has 0 fully saturated rings. The van der Waals surface area contributed by atoms with Gasteiger partial charge in [-0.1, -0.05) is 105 Å². The fourth-order valence-electron chi connectivity index (χ4n) is 6.96. The van der Waals surface area contributed by atoms with Crippen LogP contribution in [0, 0.1) is 0 Å². The highest BCUT2D eigenvalue weighted by Crippen LogP contribution is 2.63. The number of halogens is 2. The molecule has 0 saturated heterocycles. The molecule has 204 valence electrons. The molecule has 0 aromatic heterocycles. The lowest BCUT2D eigenvalue weighted by atomic mass is 9.70. The van der Waals surface area contributed by atoms with Gasteiger partial charge in [0, 0.05) is 31.2 Å². The standard InChI is InChI=1S/C39H22Br2O2/c40-27-15-9-23(10-16-27)37(42)25-13-19-31-29-5-1-3-7-33(29)39(35(31)21-25)34-8-4-2-6-30(34)32-20-14-26(22-36(32)39)38(43)24-11-17-28(41)18-12-24/h1-22H. The van der Waals surface area contributed by atoms with E-state index in [-0.39, 0.29) is 11.6 Å². The minimum atomic E-state index is -0.663. The summed E-state index contributed by atoms with van der Waals surface area (Å²) in [7, 11) is 0. The van der Waals surface area contributed by atoms with Crippen LogP contribution in [0.3, 0.4) is 0 Å². The molecule has 0 N–H and O–H groups in total. The third kappa shape index (κ3) is 3.83. The zero-order valence-corrected chi connectivity index (χ0v) is 25.9. The number of benzene rings is 6. The molecule has 4 heteroatoms. The third-order valence-corrected chi connectivity index (χ3v) is 9.88. The van der Waals surface area contributed by atoms with Crippen LogP contribution in [0.4, 0.5) is 0 Å². The Kier molecular flexibility index (Phi) is 6.01. The first kappa shape index (κ1) is 26.3. The molecule has 0 radical (unpaired) electrons. The Bertz CT molecular complexity index is 1970. The maximum absolute atomic E-state index is 13.8. The van der Waals surface area contributed by atoms with Gasteiger partial charge in [-0.2, -0.15) is 0 Å². The molecule has 0 aliphatic heterocycles. The first-order valence-electron chi connectivity index (χ1n) is 14.1. The molecule has 6 aromatic rings. The van der Waals surface area contributed by atoms with Crippen LogP contribution in [0.25, 0.3) is 22.3 Å². The van der Waals surface area contributed by atoms with Crippen LogP contribution in [0.5, 0.6) is 0 Å². The number of rotatable bonds is 4. The Balaban J connectivity index is 1.39. The van der Waals surface area contributed by atoms with Crippen molar-refractivity contribution in [2.45, 2.75) is 5.41 Å². The van der Waals surface area contributed by atoms with Gasteiger partial charge in [0.05, 0.1) is 5.41 Å². The topological polar surface area (TPSA) is 34.1 Å². The minimum Gasteiger partial charge on any atom is -0.289 e. The Morgan fingerprint density at radius 1 is 0.395 bits per heavy atom. The first-order chi connectivity index (χ1) is 21.0. The summed E-state index contributed by atoms with van der Waals surface area (Å²) in [6, 6.07) is 44.2. The Labute approximate surface area is 266 Å². The smallest absolute Gasteiger partial charge is 0.193 e. The molecule has 0 saturated carbocycles. The molecule has 2 aliphatic carbocycles. The van der Waals surface area contributed by atoms with Gasteiger partial charge in [0.25, 0.3) is 0 Å². The number of fused-ring (bicyclic) bond motifs is 10. The number of hydrogen-bond acceptors (Lipinski definition) is 2. The average molecular weight is 682 g/mol. The predicted molar refractivity (Wildman–Crippen MR) is 178 cm³/mol. The lowest BCUT2D eigenvalue weighted by Gasteiger charge is -2.31. The van der Waals surface area contributed by atoms with Gasteiger partial charge in [0.1, 0.15) is 0 Å². The van der Waals surface area contributed by atoms with Gasteiger partial charge in [-0.15, -0.1) is 0 Å². The Morgan fingerprint density at radius 3 is 1.16 bits per heavy atom. The lowest BCUT2D eigenvalue weighted by Crippen LogP contribution is -2.26. The van der Waals surface area contributed by atoms with E-state index in [9.17, 15) is 9.59 Å². The van der Waals surface area contributed by atoms with Crippen LogP contribution in [-0.2, 0) is 5.41 Å². The molecule has 1 spiro atoms. The van der Waals surface area contributed by atoms with Crippen molar-refractivity contribution in [3.05, 3.63) is 187 Å². The van der Waals surface area contributed by atoms with Crippen LogP contribution in [0.1, 0.15) is 54.1 Å². The number of carbonyl (C=O) groups is 2. The van der Waals surface area contributed by atoms with Gasteiger partial charge >= 0.3 is 0 Å². The first-order valence-corrected chi connectivity index (χ1v) is 15.6. The highest BCUT2D eigenvalue weighted by molar-refractivity contribution is 9.10. The van der Waals surface area contributed by atoms with Gasteiger partial charge in [0.15, 0.2) is 11.6 Å². The normalized spacial score (nSPS) is 13.3. The van der Waals surface area contributed by atoms with Crippen LogP contribution < -0.4 is 0 Å². The summed E-state index contributed by atoms with van der Waals surface area (Å²) in [5.41, 5.74) is 10.9. The second kappa shape index (κ2) is 9.84. The molecular formula is C39H22Br2O2. The molecule has 43 heavy (non-hydrogen) atoms. The minimum absolute atomic E-state index is 0.0212. The number of ketones is 2. The van der Waals surface area contributed by atoms with Crippen molar-refractivity contribution < 1.29 is 9.59 Å². The van der Waals surface area contributed by atoms with Crippen molar-refractivity contribution in [2.75, 3.05) is 0 Å². The molecule has 0 atom stereocenters. The summed E-state index contributed by atoms with van der Waals surface area (Å²) in [4.78, 5) is 27.6. The van der Waals surface area contributed by atoms with E-state index in [1.165, 1.54) is 0 Å². The number of hydrogen-bond donors (Lipinski definition) is 0. The summed E-state index contributed by atoms with van der Waals surface area (Å²) in [5.74, 6) is -0.0424. The van der Waals surface area contributed by atoms with E-state index in [2.05, 4.69) is 105 Å². The maximum atomic E-state index is 13.8. The fraction of sp³-hybridized carbons (Fsp3) is 0.0256. The SMILES string of the molecule is O=C(c1ccc(Br)cc1)c1ccc2c(c1)C1(c3ccccc3-2)c2ccccc2-c2ccc(C(=O)c3ccc(Br)cc3)cc21. The van der Waals surface area contributed by atoms with E-state index < -0.39 is 5.41 Å². The molecule has 2 nitrogen and oxygen atoms in total. The van der Waals surface area contributed by atoms with Gasteiger partial charge in [-0.3, -0.25) is 9.59 Å². The Hall–Kier alpha value is -4.38. The van der Waals surface area contributed by atoms with Crippen LogP contribution in [0.15, 0.2) is 142 Å². The Morgan fingerprint density at radius 2 is 0.744 bits per heavy atom. The van der Waals surface area contributed by atoms with Crippen molar-refractivity contribution in [1.29, 1.82) is 0 Å².